The van der Waals surface area contributed by atoms with E-state index in [0.29, 0.717) is 21.5 Å². The standard InChI is InChI=1S/C21H22Cl2N2O3S/c1-13-4-7-15(8-5-13)24-20(27)28-12-21(2,3)25-18(26)11-29-19(25)16-9-6-14(22)10-17(16)23/h4-10,19H,11-12H2,1-3H3,(H,24,27)/t19-/m1/s1. The molecule has 1 atom stereocenters. The van der Waals surface area contributed by atoms with Gasteiger partial charge in [0.05, 0.1) is 11.3 Å². The van der Waals surface area contributed by atoms with Crippen LogP contribution in [0.3, 0.4) is 0 Å². The number of halogens is 2. The molecule has 1 aliphatic rings. The highest BCUT2D eigenvalue weighted by atomic mass is 35.5. The smallest absolute Gasteiger partial charge is 0.411 e. The molecule has 0 radical (unpaired) electrons. The summed E-state index contributed by atoms with van der Waals surface area (Å²) < 4.78 is 5.43. The molecule has 1 aliphatic heterocycles. The molecule has 2 aromatic rings. The Kier molecular flexibility index (Phi) is 6.66. The van der Waals surface area contributed by atoms with Crippen LogP contribution >= 0.6 is 35.0 Å². The minimum absolute atomic E-state index is 0.0291. The van der Waals surface area contributed by atoms with E-state index in [1.165, 1.54) is 11.8 Å². The average molecular weight is 453 g/mol. The van der Waals surface area contributed by atoms with Gasteiger partial charge in [-0.2, -0.15) is 0 Å². The van der Waals surface area contributed by atoms with E-state index in [2.05, 4.69) is 5.32 Å². The number of hydrogen-bond donors (Lipinski definition) is 1. The van der Waals surface area contributed by atoms with Gasteiger partial charge in [-0.25, -0.2) is 4.79 Å². The van der Waals surface area contributed by atoms with E-state index in [0.717, 1.165) is 11.1 Å². The number of aryl methyl sites for hydroxylation is 1. The molecule has 0 aliphatic carbocycles. The van der Waals surface area contributed by atoms with Crippen LogP contribution in [0.4, 0.5) is 10.5 Å². The molecule has 1 N–H and O–H groups in total. The molecule has 154 valence electrons. The van der Waals surface area contributed by atoms with Gasteiger partial charge in [0, 0.05) is 21.3 Å². The van der Waals surface area contributed by atoms with Gasteiger partial charge in [-0.3, -0.25) is 10.1 Å². The van der Waals surface area contributed by atoms with Crippen molar-refractivity contribution in [2.75, 3.05) is 17.7 Å². The van der Waals surface area contributed by atoms with Crippen LogP contribution in [-0.4, -0.2) is 34.8 Å². The monoisotopic (exact) mass is 452 g/mol. The van der Waals surface area contributed by atoms with E-state index in [1.54, 1.807) is 29.2 Å². The first-order valence-electron chi connectivity index (χ1n) is 9.06. The molecular formula is C21H22Cl2N2O3S. The first-order valence-corrected chi connectivity index (χ1v) is 10.9. The molecule has 5 nitrogen and oxygen atoms in total. The second kappa shape index (κ2) is 8.86. The molecule has 29 heavy (non-hydrogen) atoms. The molecule has 0 aromatic heterocycles. The second-order valence-electron chi connectivity index (χ2n) is 7.47. The van der Waals surface area contributed by atoms with Crippen molar-refractivity contribution in [3.05, 3.63) is 63.6 Å². The minimum Gasteiger partial charge on any atom is -0.447 e. The number of carbonyl (C=O) groups is 2. The third-order valence-electron chi connectivity index (χ3n) is 4.60. The number of carbonyl (C=O) groups excluding carboxylic acids is 2. The van der Waals surface area contributed by atoms with Crippen LogP contribution in [-0.2, 0) is 9.53 Å². The Morgan fingerprint density at radius 1 is 1.24 bits per heavy atom. The number of thioether (sulfide) groups is 1. The highest BCUT2D eigenvalue weighted by Gasteiger charge is 2.43. The summed E-state index contributed by atoms with van der Waals surface area (Å²) in [6, 6.07) is 12.7. The molecule has 2 aromatic carbocycles. The third-order valence-corrected chi connectivity index (χ3v) is 6.36. The number of rotatable bonds is 5. The summed E-state index contributed by atoms with van der Waals surface area (Å²) in [5.41, 5.74) is 1.84. The Morgan fingerprint density at radius 2 is 1.93 bits per heavy atom. The lowest BCUT2D eigenvalue weighted by atomic mass is 10.0. The fraction of sp³-hybridized carbons (Fsp3) is 0.333. The van der Waals surface area contributed by atoms with E-state index in [4.69, 9.17) is 27.9 Å². The Labute approximate surface area is 184 Å². The second-order valence-corrected chi connectivity index (χ2v) is 9.38. The normalized spacial score (nSPS) is 16.8. The van der Waals surface area contributed by atoms with Gasteiger partial charge >= 0.3 is 6.09 Å². The van der Waals surface area contributed by atoms with Gasteiger partial charge in [-0.1, -0.05) is 47.0 Å². The van der Waals surface area contributed by atoms with Crippen molar-refractivity contribution in [2.45, 2.75) is 31.7 Å². The number of ether oxygens (including phenoxy) is 1. The summed E-state index contributed by atoms with van der Waals surface area (Å²) in [4.78, 5) is 26.6. The summed E-state index contributed by atoms with van der Waals surface area (Å²) in [5, 5.41) is 3.46. The number of hydrogen-bond acceptors (Lipinski definition) is 4. The summed E-state index contributed by atoms with van der Waals surface area (Å²) >= 11 is 13.9. The van der Waals surface area contributed by atoms with Crippen molar-refractivity contribution >= 4 is 52.7 Å². The van der Waals surface area contributed by atoms with Crippen molar-refractivity contribution in [1.29, 1.82) is 0 Å². The minimum atomic E-state index is -0.723. The summed E-state index contributed by atoms with van der Waals surface area (Å²) in [6.07, 6.45) is -0.567. The molecule has 0 unspecified atom stereocenters. The van der Waals surface area contributed by atoms with Crippen LogP contribution in [0, 0.1) is 6.92 Å². The highest BCUT2D eigenvalue weighted by Crippen LogP contribution is 2.45. The van der Waals surface area contributed by atoms with E-state index in [-0.39, 0.29) is 17.9 Å². The molecule has 3 rings (SSSR count). The summed E-state index contributed by atoms with van der Waals surface area (Å²) in [5.74, 6) is 0.307. The predicted octanol–water partition coefficient (Wildman–Crippen LogP) is 5.90. The number of benzene rings is 2. The van der Waals surface area contributed by atoms with Crippen LogP contribution in [0.15, 0.2) is 42.5 Å². The summed E-state index contributed by atoms with van der Waals surface area (Å²) in [6.45, 7) is 5.75. The molecule has 0 bridgehead atoms. The van der Waals surface area contributed by atoms with E-state index in [9.17, 15) is 9.59 Å². The van der Waals surface area contributed by atoms with Crippen molar-refractivity contribution in [3.8, 4) is 0 Å². The zero-order valence-corrected chi connectivity index (χ0v) is 18.7. The lowest BCUT2D eigenvalue weighted by molar-refractivity contribution is -0.134. The quantitative estimate of drug-likeness (QED) is 0.612. The topological polar surface area (TPSA) is 58.6 Å². The maximum absolute atomic E-state index is 12.6. The van der Waals surface area contributed by atoms with Gasteiger partial charge in [-0.05, 0) is 45.0 Å². The highest BCUT2D eigenvalue weighted by molar-refractivity contribution is 8.00. The lowest BCUT2D eigenvalue weighted by Gasteiger charge is -2.39. The van der Waals surface area contributed by atoms with Crippen molar-refractivity contribution < 1.29 is 14.3 Å². The zero-order valence-electron chi connectivity index (χ0n) is 16.4. The molecule has 1 saturated heterocycles. The number of anilines is 1. The van der Waals surface area contributed by atoms with Crippen LogP contribution < -0.4 is 5.32 Å². The molecule has 0 spiro atoms. The SMILES string of the molecule is Cc1ccc(NC(=O)OCC(C)(C)N2C(=O)CS[C@@H]2c2ccc(Cl)cc2Cl)cc1. The average Bonchev–Trinajstić information content (AvgIpc) is 3.04. The van der Waals surface area contributed by atoms with Crippen molar-refractivity contribution in [2.24, 2.45) is 0 Å². The maximum Gasteiger partial charge on any atom is 0.411 e. The van der Waals surface area contributed by atoms with Gasteiger partial charge in [-0.15, -0.1) is 11.8 Å². The van der Waals surface area contributed by atoms with Gasteiger partial charge in [0.15, 0.2) is 0 Å². The van der Waals surface area contributed by atoms with E-state index >= 15 is 0 Å². The Hall–Kier alpha value is -1.89. The fourth-order valence-electron chi connectivity index (χ4n) is 3.11. The van der Waals surface area contributed by atoms with Crippen molar-refractivity contribution in [3.63, 3.8) is 0 Å². The van der Waals surface area contributed by atoms with Crippen LogP contribution in [0.2, 0.25) is 10.0 Å². The van der Waals surface area contributed by atoms with Crippen molar-refractivity contribution in [1.82, 2.24) is 4.90 Å². The number of nitrogens with one attached hydrogen (secondary N) is 1. The molecule has 1 fully saturated rings. The number of nitrogens with zero attached hydrogens (tertiary/aromatic N) is 1. The van der Waals surface area contributed by atoms with E-state index in [1.807, 2.05) is 39.0 Å². The molecule has 0 saturated carbocycles. The largest absolute Gasteiger partial charge is 0.447 e. The lowest BCUT2D eigenvalue weighted by Crippen LogP contribution is -2.50. The fourth-order valence-corrected chi connectivity index (χ4v) is 5.07. The van der Waals surface area contributed by atoms with Crippen LogP contribution in [0.25, 0.3) is 0 Å². The van der Waals surface area contributed by atoms with Crippen LogP contribution in [0.1, 0.15) is 30.3 Å². The van der Waals surface area contributed by atoms with Gasteiger partial charge in [0.1, 0.15) is 12.0 Å². The Balaban J connectivity index is 1.69. The Morgan fingerprint density at radius 3 is 2.59 bits per heavy atom. The van der Waals surface area contributed by atoms with Crippen LogP contribution in [0.5, 0.6) is 0 Å². The predicted molar refractivity (Wildman–Crippen MR) is 119 cm³/mol. The zero-order chi connectivity index (χ0) is 21.2. The van der Waals surface area contributed by atoms with Gasteiger partial charge < -0.3 is 9.64 Å². The number of amides is 2. The Bertz CT molecular complexity index is 919. The van der Waals surface area contributed by atoms with Gasteiger partial charge in [0.2, 0.25) is 5.91 Å². The summed E-state index contributed by atoms with van der Waals surface area (Å²) in [7, 11) is 0. The first kappa shape index (κ1) is 21.8. The molecule has 2 amide bonds. The molecular weight excluding hydrogens is 431 g/mol. The molecule has 8 heteroatoms. The maximum atomic E-state index is 12.6. The van der Waals surface area contributed by atoms with Gasteiger partial charge in [0.25, 0.3) is 0 Å². The molecule has 1 heterocycles. The third kappa shape index (κ3) is 5.18. The van der Waals surface area contributed by atoms with E-state index < -0.39 is 11.6 Å². The first-order chi connectivity index (χ1) is 13.7.